The van der Waals surface area contributed by atoms with Gasteiger partial charge in [-0.25, -0.2) is 9.59 Å². The van der Waals surface area contributed by atoms with Crippen LogP contribution in [-0.4, -0.2) is 52.1 Å². The van der Waals surface area contributed by atoms with E-state index in [0.717, 1.165) is 5.69 Å². The number of aliphatic carboxylic acids is 2. The molecule has 23 heavy (non-hydrogen) atoms. The normalized spacial score (nSPS) is 11.7. The first kappa shape index (κ1) is 20.6. The standard InChI is InChI=1S/C11H19N3O.C4H4O4/c1-9-5-4-6-11(7-9)14(13(3)12)8-10(2)15;5-3(6)1-2-4(7)8/h4-7,10,15H,8,12H2,1-3H3;1-2H,(H,5,6)(H,7,8)/b;2-1+. The highest BCUT2D eigenvalue weighted by Crippen LogP contribution is 2.16. The average Bonchev–Trinajstić information content (AvgIpc) is 2.42. The summed E-state index contributed by atoms with van der Waals surface area (Å²) in [5.41, 5.74) is 2.16. The topological polar surface area (TPSA) is 127 Å². The molecule has 0 aromatic heterocycles. The molecule has 1 unspecified atom stereocenters. The predicted molar refractivity (Wildman–Crippen MR) is 86.6 cm³/mol. The third-order valence-corrected chi connectivity index (χ3v) is 2.49. The van der Waals surface area contributed by atoms with Crippen LogP contribution < -0.4 is 10.9 Å². The van der Waals surface area contributed by atoms with Crippen LogP contribution in [0.3, 0.4) is 0 Å². The number of aryl methyl sites for hydroxylation is 1. The second kappa shape index (κ2) is 10.3. The number of nitrogens with two attached hydrogens (primary N) is 1. The predicted octanol–water partition coefficient (Wildman–Crippen LogP) is 0.615. The number of hydrogen-bond donors (Lipinski definition) is 4. The largest absolute Gasteiger partial charge is 0.478 e. The first-order valence-corrected chi connectivity index (χ1v) is 6.78. The summed E-state index contributed by atoms with van der Waals surface area (Å²) in [4.78, 5) is 19.1. The molecular formula is C15H23N3O5. The summed E-state index contributed by atoms with van der Waals surface area (Å²) in [7, 11) is 1.75. The highest BCUT2D eigenvalue weighted by Gasteiger charge is 2.11. The van der Waals surface area contributed by atoms with E-state index in [2.05, 4.69) is 0 Å². The number of rotatable bonds is 6. The number of nitrogens with zero attached hydrogens (tertiary/aromatic N) is 2. The number of anilines is 1. The second-order valence-corrected chi connectivity index (χ2v) is 4.85. The van der Waals surface area contributed by atoms with Gasteiger partial charge in [0.15, 0.2) is 0 Å². The Bertz CT molecular complexity index is 528. The molecule has 1 aromatic rings. The fourth-order valence-electron chi connectivity index (χ4n) is 1.60. The van der Waals surface area contributed by atoms with Crippen molar-refractivity contribution in [1.82, 2.24) is 5.12 Å². The van der Waals surface area contributed by atoms with Crippen LogP contribution in [0.5, 0.6) is 0 Å². The molecule has 128 valence electrons. The van der Waals surface area contributed by atoms with Crippen molar-refractivity contribution in [2.24, 2.45) is 5.84 Å². The molecule has 0 heterocycles. The molecule has 0 aliphatic rings. The van der Waals surface area contributed by atoms with Gasteiger partial charge in [-0.05, 0) is 31.5 Å². The van der Waals surface area contributed by atoms with Gasteiger partial charge in [-0.15, -0.1) is 0 Å². The molecule has 0 aliphatic carbocycles. The minimum atomic E-state index is -1.26. The van der Waals surface area contributed by atoms with Crippen LogP contribution in [0.2, 0.25) is 0 Å². The van der Waals surface area contributed by atoms with Crippen molar-refractivity contribution in [3.8, 4) is 0 Å². The van der Waals surface area contributed by atoms with Crippen LogP contribution >= 0.6 is 0 Å². The van der Waals surface area contributed by atoms with E-state index in [1.165, 1.54) is 10.7 Å². The van der Waals surface area contributed by atoms with Crippen LogP contribution in [0.1, 0.15) is 12.5 Å². The monoisotopic (exact) mass is 325 g/mol. The second-order valence-electron chi connectivity index (χ2n) is 4.85. The first-order chi connectivity index (χ1) is 10.6. The van der Waals surface area contributed by atoms with Crippen molar-refractivity contribution in [2.75, 3.05) is 18.6 Å². The van der Waals surface area contributed by atoms with Gasteiger partial charge in [0.2, 0.25) is 0 Å². The van der Waals surface area contributed by atoms with Gasteiger partial charge in [0.1, 0.15) is 0 Å². The molecule has 0 radical (unpaired) electrons. The van der Waals surface area contributed by atoms with E-state index < -0.39 is 18.0 Å². The number of aliphatic hydroxyl groups is 1. The molecule has 1 rings (SSSR count). The van der Waals surface area contributed by atoms with Crippen molar-refractivity contribution in [3.63, 3.8) is 0 Å². The van der Waals surface area contributed by atoms with E-state index >= 15 is 0 Å². The van der Waals surface area contributed by atoms with Crippen molar-refractivity contribution in [3.05, 3.63) is 42.0 Å². The quantitative estimate of drug-likeness (QED) is 0.340. The highest BCUT2D eigenvalue weighted by molar-refractivity contribution is 5.89. The van der Waals surface area contributed by atoms with Crippen LogP contribution in [0.15, 0.2) is 36.4 Å². The van der Waals surface area contributed by atoms with E-state index in [4.69, 9.17) is 16.1 Å². The lowest BCUT2D eigenvalue weighted by molar-refractivity contribution is -0.134. The zero-order valence-electron chi connectivity index (χ0n) is 13.4. The smallest absolute Gasteiger partial charge is 0.328 e. The number of aliphatic hydroxyl groups excluding tert-OH is 1. The Labute approximate surface area is 135 Å². The maximum absolute atomic E-state index is 9.55. The molecule has 8 heteroatoms. The Balaban J connectivity index is 0.000000515. The maximum Gasteiger partial charge on any atom is 0.328 e. The molecule has 0 spiro atoms. The molecular weight excluding hydrogens is 302 g/mol. The van der Waals surface area contributed by atoms with Crippen molar-refractivity contribution >= 4 is 17.6 Å². The van der Waals surface area contributed by atoms with E-state index in [1.54, 1.807) is 14.0 Å². The lowest BCUT2D eigenvalue weighted by atomic mass is 10.2. The summed E-state index contributed by atoms with van der Waals surface area (Å²) >= 11 is 0. The van der Waals surface area contributed by atoms with Gasteiger partial charge in [0.05, 0.1) is 18.3 Å². The molecule has 0 saturated heterocycles. The van der Waals surface area contributed by atoms with E-state index in [0.29, 0.717) is 18.7 Å². The number of carbonyl (C=O) groups is 2. The van der Waals surface area contributed by atoms with Gasteiger partial charge >= 0.3 is 11.9 Å². The Hall–Kier alpha value is -2.42. The summed E-state index contributed by atoms with van der Waals surface area (Å²) in [5.74, 6) is 3.20. The molecule has 5 N–H and O–H groups in total. The van der Waals surface area contributed by atoms with Crippen LogP contribution in [0.25, 0.3) is 0 Å². The molecule has 0 bridgehead atoms. The Morgan fingerprint density at radius 2 is 1.78 bits per heavy atom. The Kier molecular flexibility index (Phi) is 9.24. The summed E-state index contributed by atoms with van der Waals surface area (Å²) < 4.78 is 0. The Morgan fingerprint density at radius 1 is 1.26 bits per heavy atom. The fourth-order valence-corrected chi connectivity index (χ4v) is 1.60. The van der Waals surface area contributed by atoms with E-state index in [9.17, 15) is 14.7 Å². The molecule has 0 saturated carbocycles. The van der Waals surface area contributed by atoms with Gasteiger partial charge in [0, 0.05) is 19.2 Å². The summed E-state index contributed by atoms with van der Waals surface area (Å²) in [6.07, 6.45) is 0.696. The lowest BCUT2D eigenvalue weighted by Gasteiger charge is -2.31. The summed E-state index contributed by atoms with van der Waals surface area (Å²) in [6, 6.07) is 8.01. The van der Waals surface area contributed by atoms with Gasteiger partial charge in [-0.3, -0.25) is 10.9 Å². The summed E-state index contributed by atoms with van der Waals surface area (Å²) in [6.45, 7) is 4.25. The first-order valence-electron chi connectivity index (χ1n) is 6.78. The molecule has 1 atom stereocenters. The van der Waals surface area contributed by atoms with Gasteiger partial charge in [0.25, 0.3) is 0 Å². The number of hydrazine groups is 2. The van der Waals surface area contributed by atoms with Gasteiger partial charge < -0.3 is 15.3 Å². The third-order valence-electron chi connectivity index (χ3n) is 2.49. The van der Waals surface area contributed by atoms with Crippen molar-refractivity contribution in [1.29, 1.82) is 0 Å². The zero-order chi connectivity index (χ0) is 18.0. The van der Waals surface area contributed by atoms with E-state index in [-0.39, 0.29) is 0 Å². The van der Waals surface area contributed by atoms with Crippen LogP contribution in [-0.2, 0) is 9.59 Å². The molecule has 8 nitrogen and oxygen atoms in total. The third kappa shape index (κ3) is 10.0. The zero-order valence-corrected chi connectivity index (χ0v) is 13.4. The number of benzene rings is 1. The molecule has 0 aliphatic heterocycles. The number of hydrogen-bond acceptors (Lipinski definition) is 6. The molecule has 0 amide bonds. The highest BCUT2D eigenvalue weighted by atomic mass is 16.4. The molecule has 0 fully saturated rings. The summed E-state index contributed by atoms with van der Waals surface area (Å²) in [5, 5.41) is 28.3. The van der Waals surface area contributed by atoms with E-state index in [1.807, 2.05) is 36.2 Å². The SMILES string of the molecule is Cc1cccc(N(CC(C)O)N(C)N)c1.O=C(O)/C=C/C(=O)O. The number of carboxylic acids is 2. The van der Waals surface area contributed by atoms with Crippen molar-refractivity contribution in [2.45, 2.75) is 20.0 Å². The van der Waals surface area contributed by atoms with Crippen LogP contribution in [0, 0.1) is 6.92 Å². The van der Waals surface area contributed by atoms with Gasteiger partial charge in [-0.1, -0.05) is 12.1 Å². The minimum Gasteiger partial charge on any atom is -0.478 e. The maximum atomic E-state index is 9.55. The average molecular weight is 325 g/mol. The molecule has 1 aromatic carbocycles. The lowest BCUT2D eigenvalue weighted by Crippen LogP contribution is -2.47. The Morgan fingerprint density at radius 3 is 2.13 bits per heavy atom. The minimum absolute atomic E-state index is 0.420. The fraction of sp³-hybridized carbons (Fsp3) is 0.333. The number of carboxylic acid groups (broad SMARTS) is 2. The van der Waals surface area contributed by atoms with Crippen molar-refractivity contribution < 1.29 is 24.9 Å². The van der Waals surface area contributed by atoms with Gasteiger partial charge in [-0.2, -0.15) is 5.12 Å². The van der Waals surface area contributed by atoms with Crippen LogP contribution in [0.4, 0.5) is 5.69 Å².